The molecule has 4 nitrogen and oxygen atoms in total. The molecule has 2 heterocycles. The number of amidine groups is 1. The Morgan fingerprint density at radius 1 is 0.806 bits per heavy atom. The lowest BCUT2D eigenvalue weighted by Gasteiger charge is -2.43. The van der Waals surface area contributed by atoms with Gasteiger partial charge in [-0.2, -0.15) is 0 Å². The van der Waals surface area contributed by atoms with Crippen LogP contribution < -0.4 is 4.90 Å². The fraction of sp³-hybridized carbons (Fsp3) is 0.100. The number of anilines is 1. The van der Waals surface area contributed by atoms with Gasteiger partial charge in [-0.15, -0.1) is 0 Å². The number of ketones is 2. The van der Waals surface area contributed by atoms with Gasteiger partial charge in [0.1, 0.15) is 0 Å². The number of benzene rings is 4. The minimum atomic E-state index is -1.30. The minimum absolute atomic E-state index is 0.105. The first-order valence-electron chi connectivity index (χ1n) is 11.5. The molecule has 0 saturated carbocycles. The minimum Gasteiger partial charge on any atom is -0.300 e. The van der Waals surface area contributed by atoms with Crippen LogP contribution in [0.5, 0.6) is 0 Å². The average Bonchev–Trinajstić information content (AvgIpc) is 3.13. The highest BCUT2D eigenvalue weighted by atomic mass is 35.5. The van der Waals surface area contributed by atoms with Crippen molar-refractivity contribution in [2.45, 2.75) is 19.4 Å². The summed E-state index contributed by atoms with van der Waals surface area (Å²) < 4.78 is 0. The Bertz CT molecular complexity index is 1610. The van der Waals surface area contributed by atoms with Gasteiger partial charge in [-0.05, 0) is 74.0 Å². The molecule has 0 amide bonds. The van der Waals surface area contributed by atoms with Gasteiger partial charge < -0.3 is 4.90 Å². The molecule has 0 N–H and O–H groups in total. The van der Waals surface area contributed by atoms with E-state index in [0.717, 1.165) is 16.7 Å². The highest BCUT2D eigenvalue weighted by Gasteiger charge is 2.59. The molecule has 0 aromatic heterocycles. The monoisotopic (exact) mass is 510 g/mol. The van der Waals surface area contributed by atoms with E-state index >= 15 is 0 Å². The second kappa shape index (κ2) is 8.16. The van der Waals surface area contributed by atoms with Crippen molar-refractivity contribution >= 4 is 52.0 Å². The van der Waals surface area contributed by atoms with Crippen molar-refractivity contribution in [2.24, 2.45) is 4.99 Å². The predicted octanol–water partition coefficient (Wildman–Crippen LogP) is 7.48. The Morgan fingerprint density at radius 2 is 1.42 bits per heavy atom. The Morgan fingerprint density at radius 3 is 2.11 bits per heavy atom. The van der Waals surface area contributed by atoms with Crippen molar-refractivity contribution in [3.05, 3.63) is 128 Å². The molecule has 0 fully saturated rings. The summed E-state index contributed by atoms with van der Waals surface area (Å²) in [7, 11) is 0. The van der Waals surface area contributed by atoms with Crippen LogP contribution in [0.2, 0.25) is 10.0 Å². The van der Waals surface area contributed by atoms with Crippen LogP contribution in [0.4, 0.5) is 11.4 Å². The quantitative estimate of drug-likeness (QED) is 0.268. The largest absolute Gasteiger partial charge is 0.300 e. The molecule has 1 unspecified atom stereocenters. The van der Waals surface area contributed by atoms with Crippen LogP contribution in [-0.4, -0.2) is 17.4 Å². The molecule has 0 radical (unpaired) electrons. The second-order valence-electron chi connectivity index (χ2n) is 9.19. The van der Waals surface area contributed by atoms with E-state index in [-0.39, 0.29) is 17.4 Å². The standard InChI is InChI=1S/C30H20Cl2N2O2/c1-17-4-14-26-23(15-17)28(36)30(20-7-11-22(32)12-8-20)24-16-18(2)3-13-25(24)33-29(34(26)30)27(35)19-5-9-21(31)10-6-19/h3-16H,1-2H3. The number of aryl methyl sites for hydroxylation is 2. The second-order valence-corrected chi connectivity index (χ2v) is 10.1. The molecule has 0 aliphatic carbocycles. The van der Waals surface area contributed by atoms with Gasteiger partial charge in [0.2, 0.25) is 5.78 Å². The lowest BCUT2D eigenvalue weighted by atomic mass is 9.76. The van der Waals surface area contributed by atoms with Gasteiger partial charge in [0.15, 0.2) is 17.2 Å². The zero-order valence-corrected chi connectivity index (χ0v) is 21.1. The summed E-state index contributed by atoms with van der Waals surface area (Å²) in [5.74, 6) is -0.219. The van der Waals surface area contributed by atoms with Crippen LogP contribution in [0, 0.1) is 13.8 Å². The van der Waals surface area contributed by atoms with Crippen LogP contribution >= 0.6 is 23.2 Å². The van der Waals surface area contributed by atoms with E-state index in [1.54, 1.807) is 36.4 Å². The summed E-state index contributed by atoms with van der Waals surface area (Å²) in [5.41, 5.74) is 4.31. The number of carbonyl (C=O) groups excluding carboxylic acids is 2. The first-order valence-corrected chi connectivity index (χ1v) is 12.3. The van der Waals surface area contributed by atoms with Crippen LogP contribution in [0.25, 0.3) is 0 Å². The van der Waals surface area contributed by atoms with Crippen molar-refractivity contribution in [1.29, 1.82) is 0 Å². The average molecular weight is 511 g/mol. The molecule has 176 valence electrons. The van der Waals surface area contributed by atoms with Crippen molar-refractivity contribution in [3.8, 4) is 0 Å². The van der Waals surface area contributed by atoms with Gasteiger partial charge in [0, 0.05) is 26.7 Å². The lowest BCUT2D eigenvalue weighted by molar-refractivity contribution is 0.0931. The Kier molecular flexibility index (Phi) is 5.15. The van der Waals surface area contributed by atoms with Crippen molar-refractivity contribution < 1.29 is 9.59 Å². The summed E-state index contributed by atoms with van der Waals surface area (Å²) >= 11 is 12.3. The number of Topliss-reactive ketones (excluding diaryl/α,β-unsaturated/α-hetero) is 2. The summed E-state index contributed by atoms with van der Waals surface area (Å²) in [6.07, 6.45) is 0. The maximum atomic E-state index is 14.6. The molecule has 6 heteroatoms. The zero-order valence-electron chi connectivity index (χ0n) is 19.5. The van der Waals surface area contributed by atoms with E-state index in [0.29, 0.717) is 38.1 Å². The van der Waals surface area contributed by atoms with E-state index in [9.17, 15) is 9.59 Å². The summed E-state index contributed by atoms with van der Waals surface area (Å²) in [6, 6.07) is 25.5. The predicted molar refractivity (Wildman–Crippen MR) is 144 cm³/mol. The topological polar surface area (TPSA) is 49.7 Å². The molecule has 0 spiro atoms. The highest BCUT2D eigenvalue weighted by molar-refractivity contribution is 6.52. The van der Waals surface area contributed by atoms with Gasteiger partial charge in [-0.25, -0.2) is 4.99 Å². The Hall–Kier alpha value is -3.73. The van der Waals surface area contributed by atoms with Crippen molar-refractivity contribution in [1.82, 2.24) is 0 Å². The number of rotatable bonds is 3. The number of hydrogen-bond acceptors (Lipinski definition) is 4. The molecular formula is C30H20Cl2N2O2. The first kappa shape index (κ1) is 22.7. The van der Waals surface area contributed by atoms with E-state index in [1.165, 1.54) is 0 Å². The van der Waals surface area contributed by atoms with E-state index in [4.69, 9.17) is 28.2 Å². The number of fused-ring (bicyclic) bond motifs is 5. The Labute approximate surface area is 218 Å². The molecule has 36 heavy (non-hydrogen) atoms. The summed E-state index contributed by atoms with van der Waals surface area (Å²) in [5, 5.41) is 1.09. The van der Waals surface area contributed by atoms with E-state index in [1.807, 2.05) is 67.3 Å². The molecule has 2 aliphatic heterocycles. The summed E-state index contributed by atoms with van der Waals surface area (Å²) in [6.45, 7) is 3.93. The highest BCUT2D eigenvalue weighted by Crippen LogP contribution is 2.54. The SMILES string of the molecule is Cc1ccc2c(c1)C(=O)C1(c3ccc(Cl)cc3)c3cc(C)ccc3N=C(C(=O)c3ccc(Cl)cc3)N21. The van der Waals surface area contributed by atoms with Gasteiger partial charge in [-0.3, -0.25) is 9.59 Å². The van der Waals surface area contributed by atoms with Crippen LogP contribution in [0.15, 0.2) is 89.9 Å². The third-order valence-corrected chi connectivity index (χ3v) is 7.36. The maximum absolute atomic E-state index is 14.6. The van der Waals surface area contributed by atoms with E-state index in [2.05, 4.69) is 0 Å². The molecule has 6 rings (SSSR count). The first-order chi connectivity index (χ1) is 17.3. The van der Waals surface area contributed by atoms with Crippen LogP contribution in [0.3, 0.4) is 0 Å². The fourth-order valence-corrected chi connectivity index (χ4v) is 5.46. The number of hydrogen-bond donors (Lipinski definition) is 0. The molecule has 0 bridgehead atoms. The van der Waals surface area contributed by atoms with Gasteiger partial charge in [-0.1, -0.05) is 64.7 Å². The normalized spacial score (nSPS) is 17.8. The van der Waals surface area contributed by atoms with Crippen LogP contribution in [0.1, 0.15) is 43.0 Å². The lowest BCUT2D eigenvalue weighted by Crippen LogP contribution is -2.55. The number of nitrogens with zero attached hydrogens (tertiary/aromatic N) is 2. The number of halogens is 2. The maximum Gasteiger partial charge on any atom is 0.228 e. The number of carbonyl (C=O) groups is 2. The number of aliphatic imine (C=N–C) groups is 1. The molecule has 4 aromatic carbocycles. The zero-order chi connectivity index (χ0) is 25.2. The Balaban J connectivity index is 1.71. The van der Waals surface area contributed by atoms with E-state index < -0.39 is 5.54 Å². The fourth-order valence-electron chi connectivity index (χ4n) is 5.21. The molecule has 4 aromatic rings. The van der Waals surface area contributed by atoms with Gasteiger partial charge >= 0.3 is 0 Å². The molecule has 0 saturated heterocycles. The summed E-state index contributed by atoms with van der Waals surface area (Å²) in [4.78, 5) is 35.2. The smallest absolute Gasteiger partial charge is 0.228 e. The molecular weight excluding hydrogens is 491 g/mol. The van der Waals surface area contributed by atoms with Crippen molar-refractivity contribution in [2.75, 3.05) is 4.90 Å². The third-order valence-electron chi connectivity index (χ3n) is 6.85. The van der Waals surface area contributed by atoms with Gasteiger partial charge in [0.25, 0.3) is 0 Å². The van der Waals surface area contributed by atoms with Gasteiger partial charge in [0.05, 0.1) is 11.4 Å². The van der Waals surface area contributed by atoms with Crippen molar-refractivity contribution in [3.63, 3.8) is 0 Å². The molecule has 2 aliphatic rings. The molecule has 1 atom stereocenters. The third kappa shape index (κ3) is 3.18. The van der Waals surface area contributed by atoms with Crippen LogP contribution in [-0.2, 0) is 5.54 Å².